The van der Waals surface area contributed by atoms with Gasteiger partial charge in [-0.1, -0.05) is 30.3 Å². The highest BCUT2D eigenvalue weighted by Gasteiger charge is 2.33. The van der Waals surface area contributed by atoms with Gasteiger partial charge in [-0.05, 0) is 55.6 Å². The average Bonchev–Trinajstić information content (AvgIpc) is 3.41. The first-order valence-electron chi connectivity index (χ1n) is 10.7. The molecule has 1 fully saturated rings. The molecule has 6 nitrogen and oxygen atoms in total. The van der Waals surface area contributed by atoms with Gasteiger partial charge in [0.25, 0.3) is 0 Å². The van der Waals surface area contributed by atoms with E-state index in [4.69, 9.17) is 13.9 Å². The van der Waals surface area contributed by atoms with Crippen LogP contribution in [0.15, 0.2) is 59.0 Å². The second-order valence-corrected chi connectivity index (χ2v) is 7.89. The second-order valence-electron chi connectivity index (χ2n) is 7.89. The molecule has 6 heteroatoms. The van der Waals surface area contributed by atoms with E-state index in [1.807, 2.05) is 49.4 Å². The molecule has 1 aliphatic heterocycles. The van der Waals surface area contributed by atoms with E-state index in [9.17, 15) is 4.79 Å². The Morgan fingerprint density at radius 3 is 2.81 bits per heavy atom. The summed E-state index contributed by atoms with van der Waals surface area (Å²) >= 11 is 0. The predicted molar refractivity (Wildman–Crippen MR) is 118 cm³/mol. The lowest BCUT2D eigenvalue weighted by Crippen LogP contribution is -2.25. The van der Waals surface area contributed by atoms with Gasteiger partial charge in [-0.15, -0.1) is 0 Å². The minimum absolute atomic E-state index is 0.0940. The van der Waals surface area contributed by atoms with Crippen molar-refractivity contribution in [3.8, 4) is 17.2 Å². The summed E-state index contributed by atoms with van der Waals surface area (Å²) in [5.74, 6) is 2.28. The van der Waals surface area contributed by atoms with Crippen LogP contribution in [0.3, 0.4) is 0 Å². The maximum absolute atomic E-state index is 12.0. The molecule has 0 radical (unpaired) electrons. The van der Waals surface area contributed by atoms with Gasteiger partial charge in [0.2, 0.25) is 5.89 Å². The number of carbonyl (C=O) groups is 1. The lowest BCUT2D eigenvalue weighted by Gasteiger charge is -2.16. The molecular formula is C25H28N2O4. The van der Waals surface area contributed by atoms with Crippen molar-refractivity contribution >= 4 is 5.97 Å². The van der Waals surface area contributed by atoms with E-state index in [-0.39, 0.29) is 17.8 Å². The van der Waals surface area contributed by atoms with Crippen LogP contribution in [0.4, 0.5) is 0 Å². The van der Waals surface area contributed by atoms with Crippen LogP contribution in [-0.4, -0.2) is 37.8 Å². The zero-order chi connectivity index (χ0) is 21.6. The van der Waals surface area contributed by atoms with Gasteiger partial charge in [-0.3, -0.25) is 4.79 Å². The van der Waals surface area contributed by atoms with E-state index in [0.29, 0.717) is 25.5 Å². The van der Waals surface area contributed by atoms with Crippen LogP contribution in [0.2, 0.25) is 0 Å². The van der Waals surface area contributed by atoms with Crippen molar-refractivity contribution < 1.29 is 18.7 Å². The van der Waals surface area contributed by atoms with Gasteiger partial charge in [0.15, 0.2) is 0 Å². The Kier molecular flexibility index (Phi) is 6.67. The van der Waals surface area contributed by atoms with Crippen molar-refractivity contribution in [3.05, 3.63) is 71.6 Å². The lowest BCUT2D eigenvalue weighted by molar-refractivity contribution is -0.146. The number of hydrogen-bond donors (Lipinski definition) is 1. The molecule has 0 aliphatic carbocycles. The number of aryl methyl sites for hydroxylation is 1. The topological polar surface area (TPSA) is 73.6 Å². The maximum atomic E-state index is 12.0. The smallest absolute Gasteiger partial charge is 0.310 e. The molecule has 0 amide bonds. The Morgan fingerprint density at radius 2 is 2.00 bits per heavy atom. The molecule has 1 aromatic heterocycles. The monoisotopic (exact) mass is 420 g/mol. The van der Waals surface area contributed by atoms with E-state index in [1.165, 1.54) is 7.11 Å². The molecule has 2 aromatic carbocycles. The number of nitrogens with zero attached hydrogens (tertiary/aromatic N) is 1. The predicted octanol–water partition coefficient (Wildman–Crippen LogP) is 3.82. The number of methoxy groups -OCH3 is 1. The highest BCUT2D eigenvalue weighted by molar-refractivity contribution is 5.73. The van der Waals surface area contributed by atoms with Gasteiger partial charge in [0, 0.05) is 18.5 Å². The third-order valence-corrected chi connectivity index (χ3v) is 5.76. The standard InChI is InChI=1S/C25H28N2O4/c1-17-23(27-24(31-17)19-8-4-3-5-9-19)11-12-30-21-10-6-7-18(14-21)13-20-15-26-16-22(20)25(28)29-2/h3-10,14,20,22,26H,11-13,15-16H2,1-2H3/t20-,22+/m0/s1. The summed E-state index contributed by atoms with van der Waals surface area (Å²) in [6, 6.07) is 18.0. The molecule has 3 aromatic rings. The van der Waals surface area contributed by atoms with Crippen LogP contribution < -0.4 is 10.1 Å². The zero-order valence-electron chi connectivity index (χ0n) is 18.0. The zero-order valence-corrected chi connectivity index (χ0v) is 18.0. The Hall–Kier alpha value is -3.12. The van der Waals surface area contributed by atoms with Crippen molar-refractivity contribution in [2.45, 2.75) is 19.8 Å². The molecule has 1 saturated heterocycles. The Balaban J connectivity index is 1.34. The molecule has 1 aliphatic rings. The normalized spacial score (nSPS) is 18.1. The molecule has 0 unspecified atom stereocenters. The molecular weight excluding hydrogens is 392 g/mol. The van der Waals surface area contributed by atoms with Crippen LogP contribution in [-0.2, 0) is 22.4 Å². The highest BCUT2D eigenvalue weighted by Crippen LogP contribution is 2.25. The maximum Gasteiger partial charge on any atom is 0.310 e. The molecule has 4 rings (SSSR count). The minimum Gasteiger partial charge on any atom is -0.493 e. The molecule has 0 spiro atoms. The van der Waals surface area contributed by atoms with Gasteiger partial charge in [-0.2, -0.15) is 0 Å². The third kappa shape index (κ3) is 5.14. The summed E-state index contributed by atoms with van der Waals surface area (Å²) in [6.45, 7) is 3.94. The van der Waals surface area contributed by atoms with Gasteiger partial charge in [0.1, 0.15) is 11.5 Å². The van der Waals surface area contributed by atoms with E-state index in [0.717, 1.165) is 41.3 Å². The van der Waals surface area contributed by atoms with Crippen molar-refractivity contribution in [1.82, 2.24) is 10.3 Å². The first-order valence-corrected chi connectivity index (χ1v) is 10.7. The van der Waals surface area contributed by atoms with Crippen LogP contribution in [0.25, 0.3) is 11.5 Å². The fraction of sp³-hybridized carbons (Fsp3) is 0.360. The Bertz CT molecular complexity index is 1020. The van der Waals surface area contributed by atoms with Crippen LogP contribution in [0, 0.1) is 18.8 Å². The number of nitrogens with one attached hydrogen (secondary N) is 1. The number of oxazole rings is 1. The van der Waals surface area contributed by atoms with E-state index in [1.54, 1.807) is 0 Å². The summed E-state index contributed by atoms with van der Waals surface area (Å²) < 4.78 is 16.8. The summed E-state index contributed by atoms with van der Waals surface area (Å²) in [4.78, 5) is 16.6. The number of ether oxygens (including phenoxy) is 2. The van der Waals surface area contributed by atoms with Gasteiger partial charge in [-0.25, -0.2) is 4.98 Å². The lowest BCUT2D eigenvalue weighted by atomic mass is 9.89. The molecule has 0 bridgehead atoms. The van der Waals surface area contributed by atoms with Gasteiger partial charge >= 0.3 is 5.97 Å². The third-order valence-electron chi connectivity index (χ3n) is 5.76. The Morgan fingerprint density at radius 1 is 1.16 bits per heavy atom. The van der Waals surface area contributed by atoms with Gasteiger partial charge < -0.3 is 19.2 Å². The van der Waals surface area contributed by atoms with Crippen molar-refractivity contribution in [3.63, 3.8) is 0 Å². The van der Waals surface area contributed by atoms with Crippen LogP contribution >= 0.6 is 0 Å². The van der Waals surface area contributed by atoms with E-state index < -0.39 is 0 Å². The quantitative estimate of drug-likeness (QED) is 0.559. The van der Waals surface area contributed by atoms with Crippen LogP contribution in [0.5, 0.6) is 5.75 Å². The fourth-order valence-corrected chi connectivity index (χ4v) is 4.07. The molecule has 162 valence electrons. The van der Waals surface area contributed by atoms with Gasteiger partial charge in [0.05, 0.1) is 25.3 Å². The van der Waals surface area contributed by atoms with Crippen molar-refractivity contribution in [2.24, 2.45) is 11.8 Å². The van der Waals surface area contributed by atoms with Crippen molar-refractivity contribution in [2.75, 3.05) is 26.8 Å². The summed E-state index contributed by atoms with van der Waals surface area (Å²) in [6.07, 6.45) is 1.48. The number of benzene rings is 2. The van der Waals surface area contributed by atoms with Crippen molar-refractivity contribution in [1.29, 1.82) is 0 Å². The first kappa shape index (κ1) is 21.1. The number of carbonyl (C=O) groups excluding carboxylic acids is 1. The second kappa shape index (κ2) is 9.79. The summed E-state index contributed by atoms with van der Waals surface area (Å²) in [7, 11) is 1.45. The first-order chi connectivity index (χ1) is 15.1. The SMILES string of the molecule is COC(=O)[C@@H]1CNC[C@@H]1Cc1cccc(OCCc2nc(-c3ccccc3)oc2C)c1. The number of hydrogen-bond acceptors (Lipinski definition) is 6. The molecule has 1 N–H and O–H groups in total. The number of esters is 1. The molecule has 2 heterocycles. The number of rotatable bonds is 8. The van der Waals surface area contributed by atoms with E-state index >= 15 is 0 Å². The van der Waals surface area contributed by atoms with Crippen LogP contribution in [0.1, 0.15) is 17.0 Å². The minimum atomic E-state index is -0.139. The molecule has 0 saturated carbocycles. The van der Waals surface area contributed by atoms with E-state index in [2.05, 4.69) is 22.4 Å². The fourth-order valence-electron chi connectivity index (χ4n) is 4.07. The largest absolute Gasteiger partial charge is 0.493 e. The summed E-state index contributed by atoms with van der Waals surface area (Å²) in [5.41, 5.74) is 3.04. The number of aromatic nitrogens is 1. The summed E-state index contributed by atoms with van der Waals surface area (Å²) in [5, 5.41) is 3.30. The highest BCUT2D eigenvalue weighted by atomic mass is 16.5. The molecule has 2 atom stereocenters. The molecule has 31 heavy (non-hydrogen) atoms. The average molecular weight is 421 g/mol. The Labute approximate surface area is 182 Å².